The van der Waals surface area contributed by atoms with Gasteiger partial charge in [0.15, 0.2) is 0 Å². The zero-order chi connectivity index (χ0) is 11.6. The minimum absolute atomic E-state index is 0.133. The number of aryl methyl sites for hydroxylation is 1. The molecule has 0 aliphatic heterocycles. The predicted octanol–water partition coefficient (Wildman–Crippen LogP) is 2.70. The van der Waals surface area contributed by atoms with Crippen molar-refractivity contribution in [3.8, 4) is 0 Å². The van der Waals surface area contributed by atoms with E-state index in [0.29, 0.717) is 6.42 Å². The lowest BCUT2D eigenvalue weighted by molar-refractivity contribution is -0.121. The molecule has 1 rings (SSSR count). The van der Waals surface area contributed by atoms with E-state index in [-0.39, 0.29) is 5.91 Å². The third kappa shape index (κ3) is 5.35. The Morgan fingerprint density at radius 2 is 2.06 bits per heavy atom. The van der Waals surface area contributed by atoms with Crippen molar-refractivity contribution >= 4 is 5.91 Å². The van der Waals surface area contributed by atoms with Gasteiger partial charge in [0.1, 0.15) is 0 Å². The zero-order valence-corrected chi connectivity index (χ0v) is 9.78. The summed E-state index contributed by atoms with van der Waals surface area (Å²) < 4.78 is 0. The van der Waals surface area contributed by atoms with E-state index >= 15 is 0 Å². The summed E-state index contributed by atoms with van der Waals surface area (Å²) in [7, 11) is 0. The van der Waals surface area contributed by atoms with Crippen LogP contribution in [0.5, 0.6) is 0 Å². The van der Waals surface area contributed by atoms with Crippen LogP contribution in [0.3, 0.4) is 0 Å². The first-order valence-electron chi connectivity index (χ1n) is 5.74. The van der Waals surface area contributed by atoms with Gasteiger partial charge in [-0.3, -0.25) is 4.79 Å². The molecule has 0 saturated carbocycles. The summed E-state index contributed by atoms with van der Waals surface area (Å²) in [5, 5.41) is 2.90. The fourth-order valence-electron chi connectivity index (χ4n) is 1.45. The number of carbonyl (C=O) groups excluding carboxylic acids is 1. The van der Waals surface area contributed by atoms with Crippen LogP contribution in [0.1, 0.15) is 25.3 Å². The maximum Gasteiger partial charge on any atom is 0.220 e. The lowest BCUT2D eigenvalue weighted by Crippen LogP contribution is -2.24. The van der Waals surface area contributed by atoms with E-state index in [4.69, 9.17) is 0 Å². The topological polar surface area (TPSA) is 29.1 Å². The van der Waals surface area contributed by atoms with Gasteiger partial charge in [0.2, 0.25) is 5.91 Å². The summed E-state index contributed by atoms with van der Waals surface area (Å²) in [6.07, 6.45) is 6.34. The second-order valence-electron chi connectivity index (χ2n) is 3.69. The van der Waals surface area contributed by atoms with E-state index in [2.05, 4.69) is 11.4 Å². The van der Waals surface area contributed by atoms with Crippen LogP contribution in [-0.4, -0.2) is 12.5 Å². The molecule has 16 heavy (non-hydrogen) atoms. The summed E-state index contributed by atoms with van der Waals surface area (Å²) >= 11 is 0. The highest BCUT2D eigenvalue weighted by molar-refractivity contribution is 5.76. The first-order chi connectivity index (χ1) is 7.83. The Hall–Kier alpha value is -1.57. The zero-order valence-electron chi connectivity index (χ0n) is 9.78. The average Bonchev–Trinajstić information content (AvgIpc) is 2.33. The Morgan fingerprint density at radius 1 is 1.31 bits per heavy atom. The lowest BCUT2D eigenvalue weighted by Gasteiger charge is -2.03. The van der Waals surface area contributed by atoms with Gasteiger partial charge in [0, 0.05) is 13.0 Å². The molecule has 1 aromatic rings. The van der Waals surface area contributed by atoms with Gasteiger partial charge in [-0.05, 0) is 25.3 Å². The molecule has 0 aliphatic rings. The van der Waals surface area contributed by atoms with Crippen molar-refractivity contribution in [1.29, 1.82) is 0 Å². The third-order valence-electron chi connectivity index (χ3n) is 2.35. The standard InChI is InChI=1S/C14H19NO/c1-2-3-7-12-15-14(16)11-10-13-8-5-4-6-9-13/h2-6,8-9H,7,10-12H2,1H3,(H,15,16)/b3-2+. The molecule has 2 nitrogen and oxygen atoms in total. The van der Waals surface area contributed by atoms with E-state index in [1.807, 2.05) is 43.3 Å². The van der Waals surface area contributed by atoms with Crippen LogP contribution in [0.2, 0.25) is 0 Å². The second-order valence-corrected chi connectivity index (χ2v) is 3.69. The minimum Gasteiger partial charge on any atom is -0.356 e. The Morgan fingerprint density at radius 3 is 2.75 bits per heavy atom. The SMILES string of the molecule is C/C=C/CCNC(=O)CCc1ccccc1. The Kier molecular flexibility index (Phi) is 6.00. The quantitative estimate of drug-likeness (QED) is 0.576. The molecular weight excluding hydrogens is 198 g/mol. The van der Waals surface area contributed by atoms with Crippen LogP contribution in [0.25, 0.3) is 0 Å². The molecule has 0 spiro atoms. The molecule has 0 fully saturated rings. The molecule has 0 heterocycles. The summed E-state index contributed by atoms with van der Waals surface area (Å²) in [6.45, 7) is 2.72. The first-order valence-corrected chi connectivity index (χ1v) is 5.74. The van der Waals surface area contributed by atoms with Crippen molar-refractivity contribution in [1.82, 2.24) is 5.32 Å². The maximum absolute atomic E-state index is 11.4. The molecule has 0 aromatic heterocycles. The van der Waals surface area contributed by atoms with Crippen LogP contribution in [-0.2, 0) is 11.2 Å². The smallest absolute Gasteiger partial charge is 0.220 e. The van der Waals surface area contributed by atoms with E-state index < -0.39 is 0 Å². The number of rotatable bonds is 6. The molecule has 0 aliphatic carbocycles. The predicted molar refractivity (Wildman–Crippen MR) is 67.2 cm³/mol. The molecule has 0 saturated heterocycles. The Balaban J connectivity index is 2.15. The Labute approximate surface area is 97.4 Å². The van der Waals surface area contributed by atoms with Gasteiger partial charge in [0.25, 0.3) is 0 Å². The largest absolute Gasteiger partial charge is 0.356 e. The maximum atomic E-state index is 11.4. The van der Waals surface area contributed by atoms with Crippen LogP contribution in [0.15, 0.2) is 42.5 Å². The minimum atomic E-state index is 0.133. The van der Waals surface area contributed by atoms with Gasteiger partial charge >= 0.3 is 0 Å². The van der Waals surface area contributed by atoms with Gasteiger partial charge < -0.3 is 5.32 Å². The fourth-order valence-corrected chi connectivity index (χ4v) is 1.45. The van der Waals surface area contributed by atoms with Crippen LogP contribution in [0, 0.1) is 0 Å². The lowest BCUT2D eigenvalue weighted by atomic mass is 10.1. The van der Waals surface area contributed by atoms with Gasteiger partial charge in [0.05, 0.1) is 0 Å². The molecule has 86 valence electrons. The molecule has 0 atom stereocenters. The summed E-state index contributed by atoms with van der Waals surface area (Å²) in [5.41, 5.74) is 1.21. The van der Waals surface area contributed by atoms with Gasteiger partial charge in [-0.2, -0.15) is 0 Å². The van der Waals surface area contributed by atoms with Crippen molar-refractivity contribution in [2.75, 3.05) is 6.54 Å². The Bertz CT molecular complexity index is 330. The summed E-state index contributed by atoms with van der Waals surface area (Å²) in [4.78, 5) is 11.4. The molecule has 2 heteroatoms. The highest BCUT2D eigenvalue weighted by Gasteiger charge is 2.00. The number of hydrogen-bond donors (Lipinski definition) is 1. The normalized spacial score (nSPS) is 10.6. The van der Waals surface area contributed by atoms with Crippen LogP contribution < -0.4 is 5.32 Å². The monoisotopic (exact) mass is 217 g/mol. The van der Waals surface area contributed by atoms with E-state index in [1.54, 1.807) is 0 Å². The molecule has 1 N–H and O–H groups in total. The second kappa shape index (κ2) is 7.69. The number of nitrogens with one attached hydrogen (secondary N) is 1. The third-order valence-corrected chi connectivity index (χ3v) is 2.35. The molecule has 0 unspecified atom stereocenters. The van der Waals surface area contributed by atoms with Crippen molar-refractivity contribution in [3.63, 3.8) is 0 Å². The number of hydrogen-bond acceptors (Lipinski definition) is 1. The number of carbonyl (C=O) groups is 1. The first kappa shape index (κ1) is 12.5. The molecular formula is C14H19NO. The van der Waals surface area contributed by atoms with Gasteiger partial charge in [-0.1, -0.05) is 42.5 Å². The van der Waals surface area contributed by atoms with Gasteiger partial charge in [-0.25, -0.2) is 0 Å². The van der Waals surface area contributed by atoms with Crippen LogP contribution in [0.4, 0.5) is 0 Å². The molecule has 1 amide bonds. The summed E-state index contributed by atoms with van der Waals surface area (Å²) in [5.74, 6) is 0.133. The van der Waals surface area contributed by atoms with Crippen LogP contribution >= 0.6 is 0 Å². The van der Waals surface area contributed by atoms with Crippen molar-refractivity contribution < 1.29 is 4.79 Å². The van der Waals surface area contributed by atoms with E-state index in [0.717, 1.165) is 19.4 Å². The van der Waals surface area contributed by atoms with Crippen molar-refractivity contribution in [2.45, 2.75) is 26.2 Å². The number of benzene rings is 1. The summed E-state index contributed by atoms with van der Waals surface area (Å²) in [6, 6.07) is 10.1. The number of amides is 1. The fraction of sp³-hybridized carbons (Fsp3) is 0.357. The van der Waals surface area contributed by atoms with Crippen molar-refractivity contribution in [2.24, 2.45) is 0 Å². The van der Waals surface area contributed by atoms with Crippen molar-refractivity contribution in [3.05, 3.63) is 48.0 Å². The average molecular weight is 217 g/mol. The van der Waals surface area contributed by atoms with E-state index in [1.165, 1.54) is 5.56 Å². The molecule has 0 bridgehead atoms. The highest BCUT2D eigenvalue weighted by Crippen LogP contribution is 2.01. The molecule has 0 radical (unpaired) electrons. The molecule has 1 aromatic carbocycles. The van der Waals surface area contributed by atoms with E-state index in [9.17, 15) is 4.79 Å². The number of allylic oxidation sites excluding steroid dienone is 1. The van der Waals surface area contributed by atoms with Gasteiger partial charge in [-0.15, -0.1) is 0 Å². The highest BCUT2D eigenvalue weighted by atomic mass is 16.1.